The summed E-state index contributed by atoms with van der Waals surface area (Å²) in [5.74, 6) is 0.503. The fourth-order valence-electron chi connectivity index (χ4n) is 2.59. The molecule has 0 fully saturated rings. The van der Waals surface area contributed by atoms with Crippen molar-refractivity contribution in [1.29, 1.82) is 0 Å². The SMILES string of the molecule is CC(C)Oc1ccc2c(c1)N(C)C(=O)N(c1ccc(Cl)cc1)S2(=O)=O. The molecule has 2 aromatic rings. The zero-order valence-electron chi connectivity index (χ0n) is 13.9. The van der Waals surface area contributed by atoms with Crippen LogP contribution in [0, 0.1) is 0 Å². The van der Waals surface area contributed by atoms with Crippen LogP contribution in [0.3, 0.4) is 0 Å². The third kappa shape index (κ3) is 3.05. The van der Waals surface area contributed by atoms with E-state index in [1.54, 1.807) is 12.1 Å². The highest BCUT2D eigenvalue weighted by atomic mass is 35.5. The first-order valence-electron chi connectivity index (χ1n) is 7.61. The second kappa shape index (κ2) is 6.24. The van der Waals surface area contributed by atoms with Crippen LogP contribution in [0.15, 0.2) is 47.4 Å². The number of hydrogen-bond donors (Lipinski definition) is 0. The third-order valence-electron chi connectivity index (χ3n) is 3.70. The first-order chi connectivity index (χ1) is 11.7. The number of fused-ring (bicyclic) bond motifs is 1. The number of rotatable bonds is 3. The minimum atomic E-state index is -4.03. The van der Waals surface area contributed by atoms with Crippen molar-refractivity contribution in [2.45, 2.75) is 24.8 Å². The lowest BCUT2D eigenvalue weighted by atomic mass is 10.2. The maximum atomic E-state index is 13.0. The Morgan fingerprint density at radius 1 is 1.08 bits per heavy atom. The van der Waals surface area contributed by atoms with Gasteiger partial charge in [0.1, 0.15) is 10.6 Å². The number of amides is 2. The number of nitrogens with zero attached hydrogens (tertiary/aromatic N) is 2. The van der Waals surface area contributed by atoms with Crippen LogP contribution in [0.4, 0.5) is 16.2 Å². The first-order valence-corrected chi connectivity index (χ1v) is 9.43. The van der Waals surface area contributed by atoms with Gasteiger partial charge >= 0.3 is 6.03 Å². The van der Waals surface area contributed by atoms with Crippen LogP contribution in [0.2, 0.25) is 5.02 Å². The maximum absolute atomic E-state index is 13.0. The molecule has 2 aromatic carbocycles. The molecule has 1 heterocycles. The maximum Gasteiger partial charge on any atom is 0.342 e. The molecule has 1 aliphatic rings. The van der Waals surface area contributed by atoms with Gasteiger partial charge in [0.25, 0.3) is 10.0 Å². The number of carbonyl (C=O) groups excluding carboxylic acids is 1. The van der Waals surface area contributed by atoms with E-state index in [9.17, 15) is 13.2 Å². The van der Waals surface area contributed by atoms with Gasteiger partial charge in [0.2, 0.25) is 0 Å². The molecule has 0 N–H and O–H groups in total. The minimum absolute atomic E-state index is 0.0423. The van der Waals surface area contributed by atoms with Crippen molar-refractivity contribution in [3.63, 3.8) is 0 Å². The van der Waals surface area contributed by atoms with Crippen molar-refractivity contribution in [1.82, 2.24) is 0 Å². The highest BCUT2D eigenvalue weighted by molar-refractivity contribution is 7.94. The summed E-state index contributed by atoms with van der Waals surface area (Å²) in [7, 11) is -2.51. The molecular weight excluding hydrogens is 364 g/mol. The van der Waals surface area contributed by atoms with Crippen LogP contribution in [0.5, 0.6) is 5.75 Å². The van der Waals surface area contributed by atoms with Gasteiger partial charge in [0.05, 0.1) is 17.5 Å². The Morgan fingerprint density at radius 3 is 2.32 bits per heavy atom. The van der Waals surface area contributed by atoms with E-state index in [0.717, 1.165) is 4.31 Å². The molecule has 0 saturated carbocycles. The van der Waals surface area contributed by atoms with Gasteiger partial charge in [-0.3, -0.25) is 4.90 Å². The summed E-state index contributed by atoms with van der Waals surface area (Å²) in [6, 6.07) is 9.98. The van der Waals surface area contributed by atoms with E-state index in [1.807, 2.05) is 13.8 Å². The molecule has 0 spiro atoms. The molecule has 0 aromatic heterocycles. The predicted molar refractivity (Wildman–Crippen MR) is 97.1 cm³/mol. The molecule has 8 heteroatoms. The van der Waals surface area contributed by atoms with Crippen LogP contribution in [-0.2, 0) is 10.0 Å². The number of sulfonamides is 1. The Morgan fingerprint density at radius 2 is 1.72 bits per heavy atom. The van der Waals surface area contributed by atoms with Gasteiger partial charge in [-0.2, -0.15) is 4.31 Å². The third-order valence-corrected chi connectivity index (χ3v) is 5.70. The molecule has 0 saturated heterocycles. The van der Waals surface area contributed by atoms with E-state index in [2.05, 4.69) is 0 Å². The molecule has 0 radical (unpaired) electrons. The van der Waals surface area contributed by atoms with Crippen LogP contribution in [0.1, 0.15) is 13.8 Å². The smallest absolute Gasteiger partial charge is 0.342 e. The number of urea groups is 1. The first kappa shape index (κ1) is 17.6. The molecule has 132 valence electrons. The van der Waals surface area contributed by atoms with Crippen molar-refractivity contribution < 1.29 is 17.9 Å². The zero-order valence-corrected chi connectivity index (χ0v) is 15.5. The predicted octanol–water partition coefficient (Wildman–Crippen LogP) is 3.89. The highest BCUT2D eigenvalue weighted by Crippen LogP contribution is 2.38. The van der Waals surface area contributed by atoms with E-state index in [-0.39, 0.29) is 22.4 Å². The van der Waals surface area contributed by atoms with Crippen molar-refractivity contribution >= 4 is 39.0 Å². The Bertz CT molecular complexity index is 926. The summed E-state index contributed by atoms with van der Waals surface area (Å²) in [6.45, 7) is 3.74. The number of hydrogen-bond acceptors (Lipinski definition) is 4. The summed E-state index contributed by atoms with van der Waals surface area (Å²) in [6.07, 6.45) is -0.0650. The number of halogens is 1. The van der Waals surface area contributed by atoms with E-state index < -0.39 is 16.1 Å². The summed E-state index contributed by atoms with van der Waals surface area (Å²) < 4.78 is 32.3. The van der Waals surface area contributed by atoms with E-state index in [0.29, 0.717) is 10.8 Å². The second-order valence-corrected chi connectivity index (χ2v) is 8.08. The van der Waals surface area contributed by atoms with Gasteiger partial charge < -0.3 is 4.74 Å². The van der Waals surface area contributed by atoms with Crippen LogP contribution >= 0.6 is 11.6 Å². The summed E-state index contributed by atoms with van der Waals surface area (Å²) in [4.78, 5) is 14.1. The Balaban J connectivity index is 2.13. The van der Waals surface area contributed by atoms with Gasteiger partial charge in [0, 0.05) is 18.1 Å². The molecule has 3 rings (SSSR count). The summed E-state index contributed by atoms with van der Waals surface area (Å²) in [5, 5.41) is 0.454. The molecule has 0 atom stereocenters. The fraction of sp³-hybridized carbons (Fsp3) is 0.235. The van der Waals surface area contributed by atoms with Crippen LogP contribution < -0.4 is 13.9 Å². The van der Waals surface area contributed by atoms with E-state index in [1.165, 1.54) is 42.3 Å². The van der Waals surface area contributed by atoms with Gasteiger partial charge in [-0.25, -0.2) is 13.2 Å². The average molecular weight is 381 g/mol. The lowest BCUT2D eigenvalue weighted by molar-refractivity contribution is 0.242. The lowest BCUT2D eigenvalue weighted by Gasteiger charge is -2.34. The van der Waals surface area contributed by atoms with E-state index in [4.69, 9.17) is 16.3 Å². The monoisotopic (exact) mass is 380 g/mol. The standard InChI is InChI=1S/C17H17ClN2O4S/c1-11(2)24-14-8-9-16-15(10-14)19(3)17(21)20(25(16,22)23)13-6-4-12(18)5-7-13/h4-11H,1-3H3. The molecule has 6 nitrogen and oxygen atoms in total. The zero-order chi connectivity index (χ0) is 18.4. The second-order valence-electron chi connectivity index (χ2n) is 5.88. The Hall–Kier alpha value is -2.25. The van der Waals surface area contributed by atoms with Crippen LogP contribution in [-0.4, -0.2) is 27.6 Å². The largest absolute Gasteiger partial charge is 0.491 e. The van der Waals surface area contributed by atoms with Gasteiger partial charge in [0.15, 0.2) is 0 Å². The molecule has 0 aliphatic carbocycles. The molecule has 0 bridgehead atoms. The van der Waals surface area contributed by atoms with Crippen LogP contribution in [0.25, 0.3) is 0 Å². The quantitative estimate of drug-likeness (QED) is 0.810. The minimum Gasteiger partial charge on any atom is -0.491 e. The molecular formula is C17H17ClN2O4S. The normalized spacial score (nSPS) is 16.1. The number of benzene rings is 2. The van der Waals surface area contributed by atoms with Crippen molar-refractivity contribution in [2.24, 2.45) is 0 Å². The molecule has 25 heavy (non-hydrogen) atoms. The van der Waals surface area contributed by atoms with Crippen molar-refractivity contribution in [2.75, 3.05) is 16.3 Å². The molecule has 1 aliphatic heterocycles. The van der Waals surface area contributed by atoms with Gasteiger partial charge in [-0.15, -0.1) is 0 Å². The highest BCUT2D eigenvalue weighted by Gasteiger charge is 2.41. The van der Waals surface area contributed by atoms with Gasteiger partial charge in [-0.05, 0) is 50.2 Å². The molecule has 0 unspecified atom stereocenters. The Labute approximate surface area is 151 Å². The summed E-state index contributed by atoms with van der Waals surface area (Å²) >= 11 is 5.85. The lowest BCUT2D eigenvalue weighted by Crippen LogP contribution is -2.49. The fourth-order valence-corrected chi connectivity index (χ4v) is 4.34. The van der Waals surface area contributed by atoms with Crippen molar-refractivity contribution in [3.05, 3.63) is 47.5 Å². The van der Waals surface area contributed by atoms with Crippen molar-refractivity contribution in [3.8, 4) is 5.75 Å². The molecule has 2 amide bonds. The van der Waals surface area contributed by atoms with E-state index >= 15 is 0 Å². The van der Waals surface area contributed by atoms with Gasteiger partial charge in [-0.1, -0.05) is 11.6 Å². The number of anilines is 2. The topological polar surface area (TPSA) is 66.9 Å². The number of carbonyl (C=O) groups is 1. The number of ether oxygens (including phenoxy) is 1. The Kier molecular flexibility index (Phi) is 4.38. The summed E-state index contributed by atoms with van der Waals surface area (Å²) in [5.41, 5.74) is 0.516. The average Bonchev–Trinajstić information content (AvgIpc) is 2.54.